The molecule has 4 rings (SSSR count). The Morgan fingerprint density at radius 1 is 1.00 bits per heavy atom. The number of amides is 1. The Hall–Kier alpha value is -4.18. The van der Waals surface area contributed by atoms with Crippen molar-refractivity contribution in [3.8, 4) is 17.2 Å². The quantitative estimate of drug-likeness (QED) is 0.213. The van der Waals surface area contributed by atoms with Crippen LogP contribution < -0.4 is 19.1 Å². The molecule has 11 heteroatoms. The van der Waals surface area contributed by atoms with Crippen LogP contribution in [0, 0.1) is 0 Å². The molecule has 3 aromatic carbocycles. The van der Waals surface area contributed by atoms with E-state index in [1.807, 2.05) is 0 Å². The van der Waals surface area contributed by atoms with Gasteiger partial charge in [0, 0.05) is 11.3 Å². The van der Waals surface area contributed by atoms with Crippen LogP contribution in [0.5, 0.6) is 17.2 Å². The van der Waals surface area contributed by atoms with Crippen LogP contribution in [0.3, 0.4) is 0 Å². The molecule has 1 aliphatic heterocycles. The van der Waals surface area contributed by atoms with E-state index in [0.717, 1.165) is 17.0 Å². The third kappa shape index (κ3) is 5.40. The van der Waals surface area contributed by atoms with E-state index < -0.39 is 35.6 Å². The van der Waals surface area contributed by atoms with Crippen LogP contribution in [0.1, 0.15) is 24.1 Å². The number of rotatable bonds is 7. The standard InChI is InChI=1S/C27H21ClF3NO6/c1-3-37-21-14-16(6-13-20(21)28)24(33)22-23(15-4-9-18(36-2)10-5-15)32(26(35)25(22)34)17-7-11-19(12-8-17)38-27(29,30)31/h4-14,23,33H,3H2,1-2H3/b24-22-. The second-order valence-corrected chi connectivity index (χ2v) is 8.47. The number of carbonyl (C=O) groups is 2. The molecule has 0 spiro atoms. The number of ether oxygens (including phenoxy) is 3. The molecule has 1 saturated heterocycles. The Labute approximate surface area is 220 Å². The zero-order valence-corrected chi connectivity index (χ0v) is 20.8. The van der Waals surface area contributed by atoms with Crippen molar-refractivity contribution in [2.24, 2.45) is 0 Å². The van der Waals surface area contributed by atoms with Crippen molar-refractivity contribution in [1.29, 1.82) is 0 Å². The molecule has 3 aromatic rings. The average molecular weight is 548 g/mol. The summed E-state index contributed by atoms with van der Waals surface area (Å²) in [6.45, 7) is 2.05. The fourth-order valence-corrected chi connectivity index (χ4v) is 4.25. The first-order valence-electron chi connectivity index (χ1n) is 11.3. The second kappa shape index (κ2) is 10.7. The van der Waals surface area contributed by atoms with Crippen LogP contribution in [0.2, 0.25) is 5.02 Å². The summed E-state index contributed by atoms with van der Waals surface area (Å²) in [5.41, 5.74) is 0.526. The number of nitrogens with zero attached hydrogens (tertiary/aromatic N) is 1. The van der Waals surface area contributed by atoms with Crippen LogP contribution in [-0.4, -0.2) is 36.9 Å². The summed E-state index contributed by atoms with van der Waals surface area (Å²) in [6, 6.07) is 14.3. The summed E-state index contributed by atoms with van der Waals surface area (Å²) < 4.78 is 52.4. The van der Waals surface area contributed by atoms with Crippen molar-refractivity contribution < 1.29 is 42.1 Å². The SMILES string of the molecule is CCOc1cc(/C(O)=C2/C(=O)C(=O)N(c3ccc(OC(F)(F)F)cc3)C2c2ccc(OC)cc2)ccc1Cl. The molecule has 0 saturated carbocycles. The maximum atomic E-state index is 13.3. The molecule has 1 fully saturated rings. The average Bonchev–Trinajstić information content (AvgIpc) is 3.15. The normalized spacial score (nSPS) is 17.0. The summed E-state index contributed by atoms with van der Waals surface area (Å²) in [6.07, 6.45) is -4.90. The predicted octanol–water partition coefficient (Wildman–Crippen LogP) is 6.27. The summed E-state index contributed by atoms with van der Waals surface area (Å²) in [7, 11) is 1.47. The minimum absolute atomic E-state index is 0.118. The van der Waals surface area contributed by atoms with E-state index in [1.54, 1.807) is 31.2 Å². The third-order valence-corrected chi connectivity index (χ3v) is 6.04. The lowest BCUT2D eigenvalue weighted by atomic mass is 9.95. The molecule has 198 valence electrons. The Morgan fingerprint density at radius 3 is 2.21 bits per heavy atom. The summed E-state index contributed by atoms with van der Waals surface area (Å²) in [5, 5.41) is 11.6. The summed E-state index contributed by atoms with van der Waals surface area (Å²) in [4.78, 5) is 27.6. The van der Waals surface area contributed by atoms with Crippen molar-refractivity contribution in [3.63, 3.8) is 0 Å². The minimum Gasteiger partial charge on any atom is -0.507 e. The monoisotopic (exact) mass is 547 g/mol. The molecule has 1 aliphatic rings. The van der Waals surface area contributed by atoms with E-state index in [2.05, 4.69) is 4.74 Å². The number of aliphatic hydroxyl groups is 1. The number of Topliss-reactive ketones (excluding diaryl/α,β-unsaturated/α-hetero) is 1. The van der Waals surface area contributed by atoms with Crippen molar-refractivity contribution in [3.05, 3.63) is 88.5 Å². The van der Waals surface area contributed by atoms with E-state index in [-0.39, 0.29) is 27.6 Å². The van der Waals surface area contributed by atoms with Gasteiger partial charge in [-0.3, -0.25) is 14.5 Å². The molecule has 0 aromatic heterocycles. The van der Waals surface area contributed by atoms with Gasteiger partial charge in [-0.05, 0) is 67.1 Å². The van der Waals surface area contributed by atoms with Crippen LogP contribution in [0.25, 0.3) is 5.76 Å². The topological polar surface area (TPSA) is 85.3 Å². The van der Waals surface area contributed by atoms with Gasteiger partial charge in [-0.25, -0.2) is 0 Å². The number of alkyl halides is 3. The third-order valence-electron chi connectivity index (χ3n) is 5.73. The van der Waals surface area contributed by atoms with Crippen molar-refractivity contribution >= 4 is 34.7 Å². The van der Waals surface area contributed by atoms with E-state index in [4.69, 9.17) is 21.1 Å². The number of aliphatic hydroxyl groups excluding tert-OH is 1. The summed E-state index contributed by atoms with van der Waals surface area (Å²) in [5.74, 6) is -2.14. The van der Waals surface area contributed by atoms with Gasteiger partial charge in [-0.15, -0.1) is 13.2 Å². The van der Waals surface area contributed by atoms with Gasteiger partial charge in [-0.1, -0.05) is 23.7 Å². The molecule has 0 bridgehead atoms. The Balaban J connectivity index is 1.86. The van der Waals surface area contributed by atoms with Gasteiger partial charge in [0.15, 0.2) is 0 Å². The molecule has 1 heterocycles. The number of benzene rings is 3. The highest BCUT2D eigenvalue weighted by Crippen LogP contribution is 2.43. The van der Waals surface area contributed by atoms with E-state index in [1.165, 1.54) is 37.4 Å². The molecule has 1 N–H and O–H groups in total. The molecule has 1 unspecified atom stereocenters. The van der Waals surface area contributed by atoms with Gasteiger partial charge < -0.3 is 19.3 Å². The van der Waals surface area contributed by atoms with Crippen molar-refractivity contribution in [2.75, 3.05) is 18.6 Å². The van der Waals surface area contributed by atoms with Gasteiger partial charge in [0.25, 0.3) is 11.7 Å². The highest BCUT2D eigenvalue weighted by atomic mass is 35.5. The lowest BCUT2D eigenvalue weighted by molar-refractivity contribution is -0.274. The van der Waals surface area contributed by atoms with Crippen molar-refractivity contribution in [2.45, 2.75) is 19.3 Å². The maximum absolute atomic E-state index is 13.3. The molecular formula is C27H21ClF3NO6. The molecule has 0 radical (unpaired) electrons. The fourth-order valence-electron chi connectivity index (χ4n) is 4.08. The molecular weight excluding hydrogens is 527 g/mol. The number of ketones is 1. The van der Waals surface area contributed by atoms with Gasteiger partial charge in [0.1, 0.15) is 23.0 Å². The van der Waals surface area contributed by atoms with Gasteiger partial charge in [0.05, 0.1) is 30.4 Å². The smallest absolute Gasteiger partial charge is 0.507 e. The Morgan fingerprint density at radius 2 is 1.63 bits per heavy atom. The maximum Gasteiger partial charge on any atom is 0.573 e. The van der Waals surface area contributed by atoms with Gasteiger partial charge in [0.2, 0.25) is 0 Å². The first kappa shape index (κ1) is 26.9. The zero-order valence-electron chi connectivity index (χ0n) is 20.1. The number of hydrogen-bond donors (Lipinski definition) is 1. The van der Waals surface area contributed by atoms with Crippen LogP contribution in [0.15, 0.2) is 72.3 Å². The van der Waals surface area contributed by atoms with Gasteiger partial charge >= 0.3 is 6.36 Å². The van der Waals surface area contributed by atoms with E-state index in [0.29, 0.717) is 17.9 Å². The zero-order chi connectivity index (χ0) is 27.6. The molecule has 7 nitrogen and oxygen atoms in total. The molecule has 38 heavy (non-hydrogen) atoms. The first-order valence-corrected chi connectivity index (χ1v) is 11.6. The van der Waals surface area contributed by atoms with Crippen LogP contribution in [-0.2, 0) is 9.59 Å². The second-order valence-electron chi connectivity index (χ2n) is 8.06. The van der Waals surface area contributed by atoms with Crippen LogP contribution in [0.4, 0.5) is 18.9 Å². The fraction of sp³-hybridized carbons (Fsp3) is 0.185. The number of anilines is 1. The molecule has 1 atom stereocenters. The Bertz CT molecular complexity index is 1390. The number of carbonyl (C=O) groups excluding carboxylic acids is 2. The Kier molecular flexibility index (Phi) is 7.54. The minimum atomic E-state index is -4.90. The number of hydrogen-bond acceptors (Lipinski definition) is 6. The number of halogens is 4. The largest absolute Gasteiger partial charge is 0.573 e. The lowest BCUT2D eigenvalue weighted by Gasteiger charge is -2.26. The predicted molar refractivity (Wildman–Crippen MR) is 134 cm³/mol. The van der Waals surface area contributed by atoms with E-state index in [9.17, 15) is 27.9 Å². The first-order chi connectivity index (χ1) is 18.0. The van der Waals surface area contributed by atoms with E-state index >= 15 is 0 Å². The summed E-state index contributed by atoms with van der Waals surface area (Å²) >= 11 is 6.16. The van der Waals surface area contributed by atoms with Crippen LogP contribution >= 0.6 is 11.6 Å². The van der Waals surface area contributed by atoms with Crippen molar-refractivity contribution in [1.82, 2.24) is 0 Å². The number of methoxy groups -OCH3 is 1. The lowest BCUT2D eigenvalue weighted by Crippen LogP contribution is -2.29. The molecule has 1 amide bonds. The van der Waals surface area contributed by atoms with Gasteiger partial charge in [-0.2, -0.15) is 0 Å². The highest BCUT2D eigenvalue weighted by molar-refractivity contribution is 6.51. The highest BCUT2D eigenvalue weighted by Gasteiger charge is 2.47. The molecule has 0 aliphatic carbocycles.